The Morgan fingerprint density at radius 2 is 1.95 bits per heavy atom. The summed E-state index contributed by atoms with van der Waals surface area (Å²) in [5, 5.41) is 0. The summed E-state index contributed by atoms with van der Waals surface area (Å²) in [5.41, 5.74) is 0.454. The van der Waals surface area contributed by atoms with Crippen LogP contribution in [0.5, 0.6) is 0 Å². The lowest BCUT2D eigenvalue weighted by Crippen LogP contribution is -2.44. The van der Waals surface area contributed by atoms with Crippen LogP contribution in [-0.2, 0) is 4.79 Å². The number of nitrogens with zero attached hydrogens (tertiary/aromatic N) is 2. The number of hydrogen-bond acceptors (Lipinski definition) is 3. The van der Waals surface area contributed by atoms with E-state index in [-0.39, 0.29) is 11.7 Å². The van der Waals surface area contributed by atoms with E-state index in [1.165, 1.54) is 6.07 Å². The van der Waals surface area contributed by atoms with E-state index in [4.69, 9.17) is 0 Å². The summed E-state index contributed by atoms with van der Waals surface area (Å²) < 4.78 is 13.9. The highest BCUT2D eigenvalue weighted by Crippen LogP contribution is 2.24. The Morgan fingerprint density at radius 3 is 2.53 bits per heavy atom. The molecule has 0 saturated carbocycles. The number of amides is 1. The number of halogens is 1. The lowest BCUT2D eigenvalue weighted by molar-refractivity contribution is -0.136. The number of carbonyl (C=O) groups excluding carboxylic acids is 1. The molecule has 1 saturated heterocycles. The molecular weight excluding hydrogens is 263 g/mol. The van der Waals surface area contributed by atoms with Gasteiger partial charge in [0, 0.05) is 30.2 Å². The second kappa shape index (κ2) is 6.39. The van der Waals surface area contributed by atoms with Gasteiger partial charge in [-0.2, -0.15) is 11.8 Å². The van der Waals surface area contributed by atoms with Crippen LogP contribution in [0.4, 0.5) is 4.39 Å². The van der Waals surface area contributed by atoms with Crippen LogP contribution in [0.1, 0.15) is 11.6 Å². The smallest absolute Gasteiger partial charge is 0.244 e. The topological polar surface area (TPSA) is 23.6 Å². The molecule has 3 nitrogen and oxygen atoms in total. The highest BCUT2D eigenvalue weighted by molar-refractivity contribution is 7.99. The van der Waals surface area contributed by atoms with Crippen molar-refractivity contribution in [2.45, 2.75) is 6.04 Å². The van der Waals surface area contributed by atoms with Gasteiger partial charge in [-0.25, -0.2) is 4.39 Å². The number of likely N-dealkylation sites (N-methyl/N-ethyl adjacent to an activating group) is 1. The summed E-state index contributed by atoms with van der Waals surface area (Å²) in [6, 6.07) is 5.98. The number of rotatable bonds is 3. The van der Waals surface area contributed by atoms with Gasteiger partial charge in [0.15, 0.2) is 0 Å². The first-order valence-electron chi connectivity index (χ1n) is 6.38. The van der Waals surface area contributed by atoms with E-state index in [1.54, 1.807) is 23.1 Å². The van der Waals surface area contributed by atoms with Gasteiger partial charge >= 0.3 is 0 Å². The lowest BCUT2D eigenvalue weighted by Gasteiger charge is -2.33. The molecule has 1 atom stereocenters. The Bertz CT molecular complexity index is 447. The number of benzene rings is 1. The van der Waals surface area contributed by atoms with E-state index in [9.17, 15) is 9.18 Å². The average Bonchev–Trinajstić information content (AvgIpc) is 2.42. The number of carbonyl (C=O) groups is 1. The molecule has 1 heterocycles. The van der Waals surface area contributed by atoms with Crippen molar-refractivity contribution < 1.29 is 9.18 Å². The van der Waals surface area contributed by atoms with Gasteiger partial charge in [0.25, 0.3) is 0 Å². The zero-order valence-electron chi connectivity index (χ0n) is 11.3. The SMILES string of the molecule is CN(C)[C@H](C(=O)N1CCSCC1)c1ccccc1F. The minimum atomic E-state index is -0.538. The number of hydrogen-bond donors (Lipinski definition) is 0. The van der Waals surface area contributed by atoms with Crippen molar-refractivity contribution in [3.8, 4) is 0 Å². The summed E-state index contributed by atoms with van der Waals surface area (Å²) in [7, 11) is 3.63. The highest BCUT2D eigenvalue weighted by Gasteiger charge is 2.30. The van der Waals surface area contributed by atoms with Gasteiger partial charge in [-0.3, -0.25) is 9.69 Å². The van der Waals surface area contributed by atoms with Crippen molar-refractivity contribution in [3.63, 3.8) is 0 Å². The maximum atomic E-state index is 13.9. The zero-order valence-corrected chi connectivity index (χ0v) is 12.1. The average molecular weight is 282 g/mol. The first-order valence-corrected chi connectivity index (χ1v) is 7.54. The van der Waals surface area contributed by atoms with Crippen molar-refractivity contribution in [2.24, 2.45) is 0 Å². The fourth-order valence-electron chi connectivity index (χ4n) is 2.29. The maximum Gasteiger partial charge on any atom is 0.244 e. The molecule has 1 aliphatic heterocycles. The summed E-state index contributed by atoms with van der Waals surface area (Å²) in [4.78, 5) is 16.2. The monoisotopic (exact) mass is 282 g/mol. The van der Waals surface area contributed by atoms with Crippen molar-refractivity contribution in [1.82, 2.24) is 9.80 Å². The third-order valence-electron chi connectivity index (χ3n) is 3.27. The van der Waals surface area contributed by atoms with Gasteiger partial charge in [-0.05, 0) is 20.2 Å². The Labute approximate surface area is 117 Å². The van der Waals surface area contributed by atoms with E-state index in [2.05, 4.69) is 0 Å². The molecular formula is C14H19FN2OS. The Balaban J connectivity index is 2.25. The van der Waals surface area contributed by atoms with E-state index in [1.807, 2.05) is 30.8 Å². The molecule has 1 aromatic rings. The second-order valence-electron chi connectivity index (χ2n) is 4.83. The summed E-state index contributed by atoms with van der Waals surface area (Å²) in [5.74, 6) is 1.60. The van der Waals surface area contributed by atoms with E-state index in [0.29, 0.717) is 5.56 Å². The molecule has 5 heteroatoms. The minimum absolute atomic E-state index is 0.00426. The van der Waals surface area contributed by atoms with Crippen molar-refractivity contribution >= 4 is 17.7 Å². The highest BCUT2D eigenvalue weighted by atomic mass is 32.2. The van der Waals surface area contributed by atoms with E-state index in [0.717, 1.165) is 24.6 Å². The molecule has 1 amide bonds. The van der Waals surface area contributed by atoms with Gasteiger partial charge < -0.3 is 4.90 Å². The molecule has 0 aliphatic carbocycles. The van der Waals surface area contributed by atoms with Crippen LogP contribution in [0.3, 0.4) is 0 Å². The van der Waals surface area contributed by atoms with Gasteiger partial charge in [-0.15, -0.1) is 0 Å². The molecule has 0 spiro atoms. The van der Waals surface area contributed by atoms with Crippen LogP contribution in [-0.4, -0.2) is 54.4 Å². The Hall–Kier alpha value is -1.07. The second-order valence-corrected chi connectivity index (χ2v) is 6.05. The van der Waals surface area contributed by atoms with Crippen LogP contribution >= 0.6 is 11.8 Å². The zero-order chi connectivity index (χ0) is 13.8. The fraction of sp³-hybridized carbons (Fsp3) is 0.500. The van der Waals surface area contributed by atoms with Gasteiger partial charge in [0.05, 0.1) is 0 Å². The standard InChI is InChI=1S/C14H19FN2OS/c1-16(2)13(11-5-3-4-6-12(11)15)14(18)17-7-9-19-10-8-17/h3-6,13H,7-10H2,1-2H3/t13-/m0/s1. The molecule has 1 aliphatic rings. The predicted octanol–water partition coefficient (Wildman–Crippen LogP) is 2.00. The van der Waals surface area contributed by atoms with Crippen molar-refractivity contribution in [2.75, 3.05) is 38.7 Å². The fourth-order valence-corrected chi connectivity index (χ4v) is 3.19. The van der Waals surface area contributed by atoms with Crippen LogP contribution in [0.15, 0.2) is 24.3 Å². The molecule has 1 fully saturated rings. The largest absolute Gasteiger partial charge is 0.339 e. The van der Waals surface area contributed by atoms with Crippen LogP contribution in [0.25, 0.3) is 0 Å². The van der Waals surface area contributed by atoms with Gasteiger partial charge in [0.2, 0.25) is 5.91 Å². The van der Waals surface area contributed by atoms with Crippen molar-refractivity contribution in [1.29, 1.82) is 0 Å². The molecule has 1 aromatic carbocycles. The van der Waals surface area contributed by atoms with E-state index < -0.39 is 6.04 Å². The maximum absolute atomic E-state index is 13.9. The molecule has 0 aromatic heterocycles. The minimum Gasteiger partial charge on any atom is -0.339 e. The molecule has 0 bridgehead atoms. The quantitative estimate of drug-likeness (QED) is 0.847. The molecule has 0 radical (unpaired) electrons. The normalized spacial score (nSPS) is 17.6. The van der Waals surface area contributed by atoms with Gasteiger partial charge in [0.1, 0.15) is 11.9 Å². The summed E-state index contributed by atoms with van der Waals surface area (Å²) in [6.07, 6.45) is 0. The van der Waals surface area contributed by atoms with Crippen molar-refractivity contribution in [3.05, 3.63) is 35.6 Å². The molecule has 0 unspecified atom stereocenters. The van der Waals surface area contributed by atoms with Crippen LogP contribution in [0, 0.1) is 5.82 Å². The summed E-state index contributed by atoms with van der Waals surface area (Å²) >= 11 is 1.85. The Kier molecular flexibility index (Phi) is 4.82. The number of thioether (sulfide) groups is 1. The first kappa shape index (κ1) is 14.3. The summed E-state index contributed by atoms with van der Waals surface area (Å²) in [6.45, 7) is 1.50. The lowest BCUT2D eigenvalue weighted by atomic mass is 10.0. The molecule has 0 N–H and O–H groups in total. The molecule has 19 heavy (non-hydrogen) atoms. The van der Waals surface area contributed by atoms with E-state index >= 15 is 0 Å². The molecule has 2 rings (SSSR count). The van der Waals surface area contributed by atoms with Crippen LogP contribution in [0.2, 0.25) is 0 Å². The van der Waals surface area contributed by atoms with Gasteiger partial charge in [-0.1, -0.05) is 18.2 Å². The third-order valence-corrected chi connectivity index (χ3v) is 4.22. The predicted molar refractivity (Wildman–Crippen MR) is 76.7 cm³/mol. The van der Waals surface area contributed by atoms with Crippen LogP contribution < -0.4 is 0 Å². The third kappa shape index (κ3) is 3.28. The Morgan fingerprint density at radius 1 is 1.32 bits per heavy atom. The molecule has 104 valence electrons. The first-order chi connectivity index (χ1) is 9.11.